The van der Waals surface area contributed by atoms with E-state index >= 15 is 0 Å². The fraction of sp³-hybridized carbons (Fsp3) is 0. The van der Waals surface area contributed by atoms with Crippen LogP contribution in [0.25, 0.3) is 117 Å². The van der Waals surface area contributed by atoms with E-state index in [1.165, 1.54) is 21.9 Å². The van der Waals surface area contributed by atoms with Crippen molar-refractivity contribution in [2.24, 2.45) is 0 Å². The van der Waals surface area contributed by atoms with Gasteiger partial charge in [-0.1, -0.05) is 127 Å². The van der Waals surface area contributed by atoms with Gasteiger partial charge in [0, 0.05) is 66.8 Å². The van der Waals surface area contributed by atoms with Gasteiger partial charge in [0.05, 0.1) is 11.0 Å². The van der Waals surface area contributed by atoms with Crippen LogP contribution in [-0.4, -0.2) is 19.5 Å². The molecule has 0 saturated carbocycles. The lowest BCUT2D eigenvalue weighted by Crippen LogP contribution is -2.00. The van der Waals surface area contributed by atoms with Crippen LogP contribution >= 0.6 is 0 Å². The van der Waals surface area contributed by atoms with E-state index in [1.807, 2.05) is 72.8 Å². The molecule has 4 aromatic heterocycles. The van der Waals surface area contributed by atoms with Gasteiger partial charge >= 0.3 is 0 Å². The second-order valence-corrected chi connectivity index (χ2v) is 14.4. The Hall–Kier alpha value is -7.83. The molecule has 0 radical (unpaired) electrons. The number of nitrogens with zero attached hydrogens (tertiary/aromatic N) is 4. The first kappa shape index (κ1) is 31.5. The highest BCUT2D eigenvalue weighted by Crippen LogP contribution is 2.41. The van der Waals surface area contributed by atoms with Gasteiger partial charge in [-0.25, -0.2) is 15.0 Å². The smallest absolute Gasteiger partial charge is 0.164 e. The number of hydrogen-bond donors (Lipinski definition) is 0. The molecule has 12 aromatic rings. The van der Waals surface area contributed by atoms with Gasteiger partial charge in [0.25, 0.3) is 0 Å². The molecule has 0 spiro atoms. The Kier molecular flexibility index (Phi) is 6.83. The van der Waals surface area contributed by atoms with Crippen molar-refractivity contribution >= 4 is 65.7 Å². The summed E-state index contributed by atoms with van der Waals surface area (Å²) in [5.41, 5.74) is 11.6. The number of benzene rings is 8. The van der Waals surface area contributed by atoms with Gasteiger partial charge in [0.1, 0.15) is 22.3 Å². The summed E-state index contributed by atoms with van der Waals surface area (Å²) in [6.45, 7) is 0. The molecule has 6 nitrogen and oxygen atoms in total. The molecule has 8 aromatic carbocycles. The van der Waals surface area contributed by atoms with E-state index in [4.69, 9.17) is 23.8 Å². The highest BCUT2D eigenvalue weighted by Gasteiger charge is 2.19. The highest BCUT2D eigenvalue weighted by atomic mass is 16.3. The quantitative estimate of drug-likeness (QED) is 0.176. The lowest BCUT2D eigenvalue weighted by atomic mass is 9.99. The van der Waals surface area contributed by atoms with Gasteiger partial charge in [0.15, 0.2) is 17.5 Å². The standard InChI is InChI=1S/C51H30N4O2/c1-4-13-31(14-5-1)36-20-12-22-43-48(36)39-19-10-11-21-42(39)55(43)35-24-26-38-41-29-40-37-25-23-34(27-44(37)56-46(40)30-47(41)57-45(38)28-35)51-53-49(32-15-6-2-7-16-32)52-50(54-51)33-17-8-3-9-18-33/h1-30H. The third-order valence-electron chi connectivity index (χ3n) is 11.0. The molecule has 0 aliphatic heterocycles. The fourth-order valence-corrected chi connectivity index (χ4v) is 8.41. The predicted octanol–water partition coefficient (Wildman–Crippen LogP) is 13.4. The normalized spacial score (nSPS) is 11.9. The number of rotatable bonds is 5. The second-order valence-electron chi connectivity index (χ2n) is 14.4. The van der Waals surface area contributed by atoms with Crippen molar-refractivity contribution in [3.05, 3.63) is 182 Å². The number of para-hydroxylation sites is 1. The Morgan fingerprint density at radius 3 is 1.53 bits per heavy atom. The molecule has 0 aliphatic rings. The summed E-state index contributed by atoms with van der Waals surface area (Å²) < 4.78 is 15.5. The van der Waals surface area contributed by atoms with Gasteiger partial charge in [-0.05, 0) is 53.6 Å². The molecule has 12 rings (SSSR count). The van der Waals surface area contributed by atoms with E-state index in [2.05, 4.69) is 114 Å². The molecule has 0 N–H and O–H groups in total. The Balaban J connectivity index is 0.973. The zero-order chi connectivity index (χ0) is 37.5. The molecule has 0 aliphatic carbocycles. The number of furan rings is 2. The van der Waals surface area contributed by atoms with E-state index < -0.39 is 0 Å². The summed E-state index contributed by atoms with van der Waals surface area (Å²) in [5, 5.41) is 6.60. The maximum atomic E-state index is 6.62. The minimum absolute atomic E-state index is 0.583. The molecule has 0 fully saturated rings. The second kappa shape index (κ2) is 12.3. The van der Waals surface area contributed by atoms with E-state index in [0.717, 1.165) is 77.3 Å². The van der Waals surface area contributed by atoms with Crippen molar-refractivity contribution in [1.29, 1.82) is 0 Å². The zero-order valence-electron chi connectivity index (χ0n) is 30.4. The summed E-state index contributed by atoms with van der Waals surface area (Å²) in [7, 11) is 0. The van der Waals surface area contributed by atoms with Crippen molar-refractivity contribution in [1.82, 2.24) is 19.5 Å². The van der Waals surface area contributed by atoms with Crippen LogP contribution in [0.2, 0.25) is 0 Å². The highest BCUT2D eigenvalue weighted by molar-refractivity contribution is 6.17. The summed E-state index contributed by atoms with van der Waals surface area (Å²) in [6, 6.07) is 62.8. The third kappa shape index (κ3) is 5.01. The van der Waals surface area contributed by atoms with Crippen LogP contribution in [0.15, 0.2) is 191 Å². The summed E-state index contributed by atoms with van der Waals surface area (Å²) >= 11 is 0. The average Bonchev–Trinajstić information content (AvgIpc) is 3.94. The van der Waals surface area contributed by atoms with Crippen molar-refractivity contribution < 1.29 is 8.83 Å². The molecule has 6 heteroatoms. The van der Waals surface area contributed by atoms with E-state index in [-0.39, 0.29) is 0 Å². The molecular formula is C51H30N4O2. The predicted molar refractivity (Wildman–Crippen MR) is 230 cm³/mol. The summed E-state index contributed by atoms with van der Waals surface area (Å²) in [4.78, 5) is 14.7. The van der Waals surface area contributed by atoms with Gasteiger partial charge in [0.2, 0.25) is 0 Å². The first-order valence-electron chi connectivity index (χ1n) is 19.0. The number of aromatic nitrogens is 4. The molecule has 0 bridgehead atoms. The topological polar surface area (TPSA) is 69.9 Å². The van der Waals surface area contributed by atoms with Crippen molar-refractivity contribution in [3.8, 4) is 51.0 Å². The first-order chi connectivity index (χ1) is 28.2. The lowest BCUT2D eigenvalue weighted by molar-refractivity contribution is 0.656. The van der Waals surface area contributed by atoms with Crippen molar-refractivity contribution in [2.75, 3.05) is 0 Å². The molecule has 4 heterocycles. The van der Waals surface area contributed by atoms with E-state index in [1.54, 1.807) is 0 Å². The lowest BCUT2D eigenvalue weighted by Gasteiger charge is -2.09. The Labute approximate surface area is 325 Å². The number of fused-ring (bicyclic) bond motifs is 9. The molecule has 0 amide bonds. The van der Waals surface area contributed by atoms with Crippen molar-refractivity contribution in [3.63, 3.8) is 0 Å². The Morgan fingerprint density at radius 1 is 0.333 bits per heavy atom. The van der Waals surface area contributed by atoms with Crippen LogP contribution in [0.4, 0.5) is 0 Å². The Bertz CT molecular complexity index is 3450. The number of hydrogen-bond acceptors (Lipinski definition) is 5. The van der Waals surface area contributed by atoms with Gasteiger partial charge < -0.3 is 13.4 Å². The van der Waals surface area contributed by atoms with E-state index in [9.17, 15) is 0 Å². The van der Waals surface area contributed by atoms with E-state index in [0.29, 0.717) is 17.5 Å². The van der Waals surface area contributed by atoms with Crippen LogP contribution in [0, 0.1) is 0 Å². The molecule has 0 atom stereocenters. The minimum Gasteiger partial charge on any atom is -0.456 e. The SMILES string of the molecule is c1ccc(-c2nc(-c3ccccc3)nc(-c3ccc4c(c3)oc3cc5oc6cc(-n7c8ccccc8c8c(-c9ccccc9)cccc87)ccc6c5cc34)n2)cc1. The Morgan fingerprint density at radius 2 is 0.860 bits per heavy atom. The first-order valence-corrected chi connectivity index (χ1v) is 19.0. The minimum atomic E-state index is 0.583. The molecule has 266 valence electrons. The maximum absolute atomic E-state index is 6.62. The van der Waals surface area contributed by atoms with Crippen LogP contribution in [0.5, 0.6) is 0 Å². The summed E-state index contributed by atoms with van der Waals surface area (Å²) in [6.07, 6.45) is 0. The largest absolute Gasteiger partial charge is 0.456 e. The monoisotopic (exact) mass is 730 g/mol. The molecule has 0 unspecified atom stereocenters. The van der Waals surface area contributed by atoms with Gasteiger partial charge in [-0.15, -0.1) is 0 Å². The third-order valence-corrected chi connectivity index (χ3v) is 11.0. The van der Waals surface area contributed by atoms with Crippen LogP contribution in [-0.2, 0) is 0 Å². The van der Waals surface area contributed by atoms with Crippen LogP contribution in [0.1, 0.15) is 0 Å². The molecular weight excluding hydrogens is 701 g/mol. The van der Waals surface area contributed by atoms with Crippen LogP contribution < -0.4 is 0 Å². The zero-order valence-corrected chi connectivity index (χ0v) is 30.4. The average molecular weight is 731 g/mol. The van der Waals surface area contributed by atoms with Gasteiger partial charge in [-0.3, -0.25) is 0 Å². The molecule has 0 saturated heterocycles. The van der Waals surface area contributed by atoms with Crippen LogP contribution in [0.3, 0.4) is 0 Å². The van der Waals surface area contributed by atoms with Crippen molar-refractivity contribution in [2.45, 2.75) is 0 Å². The maximum Gasteiger partial charge on any atom is 0.164 e. The fourth-order valence-electron chi connectivity index (χ4n) is 8.41. The summed E-state index contributed by atoms with van der Waals surface area (Å²) in [5.74, 6) is 1.82. The van der Waals surface area contributed by atoms with Gasteiger partial charge in [-0.2, -0.15) is 0 Å². The molecule has 57 heavy (non-hydrogen) atoms.